The predicted molar refractivity (Wildman–Crippen MR) is 74.3 cm³/mol. The highest BCUT2D eigenvalue weighted by Crippen LogP contribution is 2.02. The van der Waals surface area contributed by atoms with Crippen LogP contribution >= 0.6 is 12.2 Å². The molecule has 17 heavy (non-hydrogen) atoms. The van der Waals surface area contributed by atoms with Crippen molar-refractivity contribution in [2.24, 2.45) is 0 Å². The van der Waals surface area contributed by atoms with Gasteiger partial charge in [0, 0.05) is 24.3 Å². The van der Waals surface area contributed by atoms with Crippen LogP contribution in [-0.2, 0) is 6.54 Å². The van der Waals surface area contributed by atoms with Crippen LogP contribution < -0.4 is 16.2 Å². The van der Waals surface area contributed by atoms with Crippen LogP contribution in [0.2, 0.25) is 0 Å². The first kappa shape index (κ1) is 13.7. The van der Waals surface area contributed by atoms with Gasteiger partial charge in [-0.2, -0.15) is 0 Å². The maximum Gasteiger partial charge on any atom is 0.253 e. The minimum Gasteiger partial charge on any atom is -0.363 e. The van der Waals surface area contributed by atoms with Crippen molar-refractivity contribution in [3.05, 3.63) is 33.2 Å². The number of nitrogens with one attached hydrogen (secondary N) is 3. The largest absolute Gasteiger partial charge is 0.363 e. The van der Waals surface area contributed by atoms with Crippen molar-refractivity contribution >= 4 is 17.3 Å². The molecule has 0 fully saturated rings. The Kier molecular flexibility index (Phi) is 5.15. The van der Waals surface area contributed by atoms with Gasteiger partial charge in [0.15, 0.2) is 5.11 Å². The van der Waals surface area contributed by atoms with E-state index in [-0.39, 0.29) is 5.56 Å². The van der Waals surface area contributed by atoms with Gasteiger partial charge < -0.3 is 15.6 Å². The third-order valence-electron chi connectivity index (χ3n) is 2.46. The number of aromatic nitrogens is 1. The molecule has 94 valence electrons. The topological polar surface area (TPSA) is 56.9 Å². The molecule has 0 saturated heterocycles. The van der Waals surface area contributed by atoms with Gasteiger partial charge in [-0.1, -0.05) is 6.92 Å². The van der Waals surface area contributed by atoms with Crippen LogP contribution in [0.4, 0.5) is 0 Å². The molecule has 0 saturated carbocycles. The highest BCUT2D eigenvalue weighted by Gasteiger charge is 2.05. The lowest BCUT2D eigenvalue weighted by atomic mass is 10.1. The summed E-state index contributed by atoms with van der Waals surface area (Å²) in [5, 5.41) is 6.69. The standard InChI is InChI=1S/C12H19N3OS/c1-4-5-13-12(17)14-7-10-8(2)6-9(3)15-11(10)16/h6H,4-5,7H2,1-3H3,(H,15,16)(H2,13,14,17). The van der Waals surface area contributed by atoms with Crippen molar-refractivity contribution < 1.29 is 0 Å². The molecule has 0 spiro atoms. The van der Waals surface area contributed by atoms with Crippen LogP contribution in [-0.4, -0.2) is 16.6 Å². The molecule has 0 radical (unpaired) electrons. The summed E-state index contributed by atoms with van der Waals surface area (Å²) in [7, 11) is 0. The molecule has 1 rings (SSSR count). The van der Waals surface area contributed by atoms with Gasteiger partial charge in [-0.3, -0.25) is 4.79 Å². The Bertz CT molecular complexity index is 454. The van der Waals surface area contributed by atoms with E-state index in [4.69, 9.17) is 12.2 Å². The van der Waals surface area contributed by atoms with E-state index in [9.17, 15) is 4.79 Å². The molecule has 0 aliphatic carbocycles. The highest BCUT2D eigenvalue weighted by molar-refractivity contribution is 7.80. The summed E-state index contributed by atoms with van der Waals surface area (Å²) in [4.78, 5) is 14.5. The molecular weight excluding hydrogens is 234 g/mol. The van der Waals surface area contributed by atoms with Gasteiger partial charge in [0.05, 0.1) is 0 Å². The maximum atomic E-state index is 11.7. The molecule has 0 aromatic carbocycles. The van der Waals surface area contributed by atoms with E-state index in [1.807, 2.05) is 19.9 Å². The fourth-order valence-electron chi connectivity index (χ4n) is 1.57. The quantitative estimate of drug-likeness (QED) is 0.709. The van der Waals surface area contributed by atoms with Crippen molar-refractivity contribution in [1.29, 1.82) is 0 Å². The highest BCUT2D eigenvalue weighted by atomic mass is 32.1. The molecule has 0 amide bonds. The SMILES string of the molecule is CCCNC(=S)NCc1c(C)cc(C)[nH]c1=O. The average Bonchev–Trinajstić information content (AvgIpc) is 2.24. The lowest BCUT2D eigenvalue weighted by molar-refractivity contribution is 0.792. The molecule has 0 aliphatic rings. The molecule has 0 bridgehead atoms. The van der Waals surface area contributed by atoms with Crippen molar-refractivity contribution in [3.63, 3.8) is 0 Å². The van der Waals surface area contributed by atoms with E-state index in [0.717, 1.165) is 29.8 Å². The predicted octanol–water partition coefficient (Wildman–Crippen LogP) is 1.37. The zero-order chi connectivity index (χ0) is 12.8. The second-order valence-corrected chi connectivity index (χ2v) is 4.46. The van der Waals surface area contributed by atoms with Crippen LogP contribution in [0.1, 0.15) is 30.2 Å². The number of aryl methyl sites for hydroxylation is 2. The molecule has 0 unspecified atom stereocenters. The van der Waals surface area contributed by atoms with Gasteiger partial charge in [0.25, 0.3) is 5.56 Å². The van der Waals surface area contributed by atoms with Crippen LogP contribution in [0.15, 0.2) is 10.9 Å². The molecular formula is C12H19N3OS. The van der Waals surface area contributed by atoms with Crippen LogP contribution in [0.5, 0.6) is 0 Å². The zero-order valence-corrected chi connectivity index (χ0v) is 11.3. The van der Waals surface area contributed by atoms with Crippen molar-refractivity contribution in [2.75, 3.05) is 6.54 Å². The number of pyridine rings is 1. The second kappa shape index (κ2) is 6.39. The fourth-order valence-corrected chi connectivity index (χ4v) is 1.75. The minimum absolute atomic E-state index is 0.0479. The van der Waals surface area contributed by atoms with Gasteiger partial charge in [0.2, 0.25) is 0 Å². The van der Waals surface area contributed by atoms with Crippen LogP contribution in [0.25, 0.3) is 0 Å². The zero-order valence-electron chi connectivity index (χ0n) is 10.5. The summed E-state index contributed by atoms with van der Waals surface area (Å²) < 4.78 is 0. The average molecular weight is 253 g/mol. The maximum absolute atomic E-state index is 11.7. The minimum atomic E-state index is -0.0479. The summed E-state index contributed by atoms with van der Waals surface area (Å²) in [5.74, 6) is 0. The number of hydrogen-bond donors (Lipinski definition) is 3. The summed E-state index contributed by atoms with van der Waals surface area (Å²) in [6.45, 7) is 7.18. The first-order chi connectivity index (χ1) is 8.04. The van der Waals surface area contributed by atoms with Crippen LogP contribution in [0.3, 0.4) is 0 Å². The number of thiocarbonyl (C=S) groups is 1. The van der Waals surface area contributed by atoms with Gasteiger partial charge in [-0.05, 0) is 44.1 Å². The van der Waals surface area contributed by atoms with Gasteiger partial charge >= 0.3 is 0 Å². The number of aromatic amines is 1. The molecule has 5 heteroatoms. The Morgan fingerprint density at radius 1 is 1.41 bits per heavy atom. The fraction of sp³-hybridized carbons (Fsp3) is 0.500. The number of hydrogen-bond acceptors (Lipinski definition) is 2. The van der Waals surface area contributed by atoms with Gasteiger partial charge in [-0.15, -0.1) is 0 Å². The van der Waals surface area contributed by atoms with E-state index in [0.29, 0.717) is 11.7 Å². The van der Waals surface area contributed by atoms with Gasteiger partial charge in [-0.25, -0.2) is 0 Å². The summed E-state index contributed by atoms with van der Waals surface area (Å²) in [6, 6.07) is 1.96. The molecule has 1 aromatic rings. The molecule has 1 heterocycles. The first-order valence-corrected chi connectivity index (χ1v) is 6.16. The Labute approximate surface area is 107 Å². The molecule has 0 aliphatic heterocycles. The van der Waals surface area contributed by atoms with Crippen molar-refractivity contribution in [1.82, 2.24) is 15.6 Å². The Morgan fingerprint density at radius 3 is 2.71 bits per heavy atom. The van der Waals surface area contributed by atoms with E-state index in [1.54, 1.807) is 0 Å². The Balaban J connectivity index is 2.64. The monoisotopic (exact) mass is 253 g/mol. The molecule has 1 aromatic heterocycles. The summed E-state index contributed by atoms with van der Waals surface area (Å²) in [5.41, 5.74) is 2.55. The van der Waals surface area contributed by atoms with E-state index in [1.165, 1.54) is 0 Å². The van der Waals surface area contributed by atoms with E-state index < -0.39 is 0 Å². The Hall–Kier alpha value is -1.36. The molecule has 4 nitrogen and oxygen atoms in total. The third-order valence-corrected chi connectivity index (χ3v) is 2.74. The van der Waals surface area contributed by atoms with Gasteiger partial charge in [0.1, 0.15) is 0 Å². The van der Waals surface area contributed by atoms with Crippen molar-refractivity contribution in [3.8, 4) is 0 Å². The van der Waals surface area contributed by atoms with Crippen LogP contribution in [0, 0.1) is 13.8 Å². The lowest BCUT2D eigenvalue weighted by Gasteiger charge is -2.11. The normalized spacial score (nSPS) is 10.1. The second-order valence-electron chi connectivity index (χ2n) is 4.05. The van der Waals surface area contributed by atoms with E-state index in [2.05, 4.69) is 22.5 Å². The number of rotatable bonds is 4. The first-order valence-electron chi connectivity index (χ1n) is 5.75. The van der Waals surface area contributed by atoms with E-state index >= 15 is 0 Å². The summed E-state index contributed by atoms with van der Waals surface area (Å²) in [6.07, 6.45) is 1.02. The summed E-state index contributed by atoms with van der Waals surface area (Å²) >= 11 is 5.10. The van der Waals surface area contributed by atoms with Crippen molar-refractivity contribution in [2.45, 2.75) is 33.7 Å². The molecule has 3 N–H and O–H groups in total. The number of H-pyrrole nitrogens is 1. The lowest BCUT2D eigenvalue weighted by Crippen LogP contribution is -2.36. The molecule has 0 atom stereocenters. The Morgan fingerprint density at radius 2 is 2.12 bits per heavy atom. The third kappa shape index (κ3) is 4.19. The smallest absolute Gasteiger partial charge is 0.253 e.